The number of nitrogens with one attached hydrogen (secondary N) is 2. The Bertz CT molecular complexity index is 733. The van der Waals surface area contributed by atoms with Crippen molar-refractivity contribution in [3.63, 3.8) is 0 Å². The van der Waals surface area contributed by atoms with E-state index in [2.05, 4.69) is 19.9 Å². The number of hydrogen-bond donors (Lipinski definition) is 2. The number of benzene rings is 1. The zero-order chi connectivity index (χ0) is 19.8. The summed E-state index contributed by atoms with van der Waals surface area (Å²) in [6.45, 7) is 2.60. The topological polar surface area (TPSA) is 83.0 Å². The minimum Gasteiger partial charge on any atom is -0.490 e. The molecule has 0 atom stereocenters. The SMILES string of the molecule is CN=C(NCCS(=O)(=O)NCC1CCC1)N1CCC(Oc2ccccc2)CC1.I. The molecule has 0 unspecified atom stereocenters. The molecular weight excluding hydrogens is 503 g/mol. The molecule has 1 aliphatic carbocycles. The molecule has 1 heterocycles. The predicted octanol–water partition coefficient (Wildman–Crippen LogP) is 2.44. The van der Waals surface area contributed by atoms with Crippen molar-refractivity contribution in [2.24, 2.45) is 10.9 Å². The zero-order valence-electron chi connectivity index (χ0n) is 17.0. The van der Waals surface area contributed by atoms with Gasteiger partial charge in [-0.15, -0.1) is 24.0 Å². The molecule has 7 nitrogen and oxygen atoms in total. The predicted molar refractivity (Wildman–Crippen MR) is 128 cm³/mol. The molecule has 2 aliphatic rings. The van der Waals surface area contributed by atoms with Crippen molar-refractivity contribution in [1.82, 2.24) is 14.9 Å². The number of piperidine rings is 1. The van der Waals surface area contributed by atoms with Crippen LogP contribution in [0.25, 0.3) is 0 Å². The molecule has 1 saturated carbocycles. The molecule has 1 aromatic carbocycles. The van der Waals surface area contributed by atoms with Crippen LogP contribution in [0.1, 0.15) is 32.1 Å². The number of likely N-dealkylation sites (tertiary alicyclic amines) is 1. The smallest absolute Gasteiger partial charge is 0.213 e. The number of para-hydroxylation sites is 1. The highest BCUT2D eigenvalue weighted by molar-refractivity contribution is 14.0. The summed E-state index contributed by atoms with van der Waals surface area (Å²) in [6.07, 6.45) is 5.52. The van der Waals surface area contributed by atoms with Crippen molar-refractivity contribution in [2.45, 2.75) is 38.2 Å². The fourth-order valence-corrected chi connectivity index (χ4v) is 4.53. The third-order valence-corrected chi connectivity index (χ3v) is 6.82. The molecular formula is C20H33IN4O3S. The maximum atomic E-state index is 12.1. The average molecular weight is 536 g/mol. The van der Waals surface area contributed by atoms with Gasteiger partial charge in [-0.2, -0.15) is 0 Å². The minimum atomic E-state index is -3.24. The van der Waals surface area contributed by atoms with E-state index in [0.717, 1.165) is 50.5 Å². The Morgan fingerprint density at radius 1 is 1.17 bits per heavy atom. The van der Waals surface area contributed by atoms with Crippen LogP contribution in [0.4, 0.5) is 0 Å². The molecule has 29 heavy (non-hydrogen) atoms. The van der Waals surface area contributed by atoms with Crippen LogP contribution >= 0.6 is 24.0 Å². The molecule has 0 aromatic heterocycles. The van der Waals surface area contributed by atoms with Crippen LogP contribution in [0, 0.1) is 5.92 Å². The van der Waals surface area contributed by atoms with E-state index >= 15 is 0 Å². The van der Waals surface area contributed by atoms with Crippen LogP contribution in [-0.2, 0) is 10.0 Å². The van der Waals surface area contributed by atoms with E-state index in [-0.39, 0.29) is 35.8 Å². The molecule has 2 fully saturated rings. The van der Waals surface area contributed by atoms with Crippen molar-refractivity contribution in [2.75, 3.05) is 39.0 Å². The summed E-state index contributed by atoms with van der Waals surface area (Å²) in [6, 6.07) is 9.89. The van der Waals surface area contributed by atoms with Gasteiger partial charge in [-0.3, -0.25) is 4.99 Å². The van der Waals surface area contributed by atoms with Gasteiger partial charge in [0.15, 0.2) is 5.96 Å². The zero-order valence-corrected chi connectivity index (χ0v) is 20.2. The summed E-state index contributed by atoms with van der Waals surface area (Å²) in [5.74, 6) is 2.25. The van der Waals surface area contributed by atoms with E-state index in [1.807, 2.05) is 30.3 Å². The molecule has 2 N–H and O–H groups in total. The van der Waals surface area contributed by atoms with Crippen LogP contribution in [0.3, 0.4) is 0 Å². The fourth-order valence-electron chi connectivity index (χ4n) is 3.52. The van der Waals surface area contributed by atoms with Crippen LogP contribution in [-0.4, -0.2) is 64.4 Å². The highest BCUT2D eigenvalue weighted by atomic mass is 127. The standard InChI is InChI=1S/C20H32N4O3S.HI/c1-21-20(22-12-15-28(25,26)23-16-17-6-5-7-17)24-13-10-19(11-14-24)27-18-8-3-2-4-9-18;/h2-4,8-9,17,19,23H,5-7,10-16H2,1H3,(H,21,22);1H. The first-order valence-electron chi connectivity index (χ1n) is 10.2. The first kappa shape index (κ1) is 24.2. The van der Waals surface area contributed by atoms with Gasteiger partial charge >= 0.3 is 0 Å². The largest absolute Gasteiger partial charge is 0.490 e. The molecule has 0 spiro atoms. The van der Waals surface area contributed by atoms with E-state index in [1.54, 1.807) is 7.05 Å². The Morgan fingerprint density at radius 3 is 2.45 bits per heavy atom. The molecule has 1 saturated heterocycles. The molecule has 0 bridgehead atoms. The van der Waals surface area contributed by atoms with Gasteiger partial charge in [0.1, 0.15) is 11.9 Å². The molecule has 1 aliphatic heterocycles. The quantitative estimate of drug-likeness (QED) is 0.303. The van der Waals surface area contributed by atoms with Crippen molar-refractivity contribution >= 4 is 40.0 Å². The molecule has 0 amide bonds. The average Bonchev–Trinajstić information content (AvgIpc) is 2.65. The molecule has 3 rings (SSSR count). The van der Waals surface area contributed by atoms with Crippen molar-refractivity contribution in [3.8, 4) is 5.75 Å². The lowest BCUT2D eigenvalue weighted by atomic mass is 9.86. The normalized spacial score (nSPS) is 18.7. The first-order valence-corrected chi connectivity index (χ1v) is 11.9. The van der Waals surface area contributed by atoms with E-state index in [0.29, 0.717) is 19.0 Å². The number of halogens is 1. The third-order valence-electron chi connectivity index (χ3n) is 5.47. The lowest BCUT2D eigenvalue weighted by molar-refractivity contribution is 0.129. The first-order chi connectivity index (χ1) is 13.6. The summed E-state index contributed by atoms with van der Waals surface area (Å²) >= 11 is 0. The third kappa shape index (κ3) is 7.93. The second-order valence-electron chi connectivity index (χ2n) is 7.56. The molecule has 0 radical (unpaired) electrons. The van der Waals surface area contributed by atoms with Gasteiger partial charge < -0.3 is 15.0 Å². The van der Waals surface area contributed by atoms with E-state index in [4.69, 9.17) is 4.74 Å². The van der Waals surface area contributed by atoms with E-state index in [1.165, 1.54) is 6.42 Å². The monoisotopic (exact) mass is 536 g/mol. The Balaban J connectivity index is 0.00000300. The highest BCUT2D eigenvalue weighted by Gasteiger charge is 2.23. The highest BCUT2D eigenvalue weighted by Crippen LogP contribution is 2.25. The van der Waals surface area contributed by atoms with Crippen molar-refractivity contribution in [1.29, 1.82) is 0 Å². The molecule has 164 valence electrons. The maximum Gasteiger partial charge on any atom is 0.213 e. The van der Waals surface area contributed by atoms with Crippen LogP contribution in [0.15, 0.2) is 35.3 Å². The number of guanidine groups is 1. The van der Waals surface area contributed by atoms with E-state index < -0.39 is 10.0 Å². The minimum absolute atomic E-state index is 0. The van der Waals surface area contributed by atoms with Gasteiger partial charge in [0.25, 0.3) is 0 Å². The van der Waals surface area contributed by atoms with Crippen molar-refractivity contribution in [3.05, 3.63) is 30.3 Å². The number of sulfonamides is 1. The van der Waals surface area contributed by atoms with E-state index in [9.17, 15) is 8.42 Å². The number of hydrogen-bond acceptors (Lipinski definition) is 4. The summed E-state index contributed by atoms with van der Waals surface area (Å²) < 4.78 is 33.0. The number of ether oxygens (including phenoxy) is 1. The van der Waals surface area contributed by atoms with Gasteiger partial charge in [-0.1, -0.05) is 24.6 Å². The Morgan fingerprint density at radius 2 is 1.86 bits per heavy atom. The second kappa shape index (κ2) is 11.9. The summed E-state index contributed by atoms with van der Waals surface area (Å²) in [4.78, 5) is 6.48. The fraction of sp³-hybridized carbons (Fsp3) is 0.650. The number of rotatable bonds is 8. The summed E-state index contributed by atoms with van der Waals surface area (Å²) in [7, 11) is -1.50. The molecule has 1 aromatic rings. The molecule has 9 heteroatoms. The van der Waals surface area contributed by atoms with Gasteiger partial charge in [0, 0.05) is 46.1 Å². The Hall–Kier alpha value is -1.07. The maximum absolute atomic E-state index is 12.1. The van der Waals surface area contributed by atoms with Crippen LogP contribution in [0.5, 0.6) is 5.75 Å². The lowest BCUT2D eigenvalue weighted by Gasteiger charge is -2.34. The van der Waals surface area contributed by atoms with Gasteiger partial charge in [-0.25, -0.2) is 13.1 Å². The van der Waals surface area contributed by atoms with Crippen LogP contribution < -0.4 is 14.8 Å². The van der Waals surface area contributed by atoms with Crippen molar-refractivity contribution < 1.29 is 13.2 Å². The second-order valence-corrected chi connectivity index (χ2v) is 9.48. The Kier molecular flexibility index (Phi) is 9.97. The van der Waals surface area contributed by atoms with Gasteiger partial charge in [0.2, 0.25) is 10.0 Å². The lowest BCUT2D eigenvalue weighted by Crippen LogP contribution is -2.48. The number of nitrogens with zero attached hydrogens (tertiary/aromatic N) is 2. The number of aliphatic imine (C=N–C) groups is 1. The van der Waals surface area contributed by atoms with Gasteiger partial charge in [0.05, 0.1) is 5.75 Å². The summed E-state index contributed by atoms with van der Waals surface area (Å²) in [5, 5.41) is 3.19. The van der Waals surface area contributed by atoms with Crippen LogP contribution in [0.2, 0.25) is 0 Å². The summed E-state index contributed by atoms with van der Waals surface area (Å²) in [5.41, 5.74) is 0. The Labute approximate surface area is 191 Å². The van der Waals surface area contributed by atoms with Gasteiger partial charge in [-0.05, 0) is 30.9 Å².